The molecule has 1 N–H and O–H groups in total. The molecule has 3 rings (SSSR count). The first kappa shape index (κ1) is 18.3. The molecule has 2 heterocycles. The van der Waals surface area contributed by atoms with Gasteiger partial charge in [0.2, 0.25) is 5.16 Å². The number of aryl methyl sites for hydroxylation is 2. The van der Waals surface area contributed by atoms with E-state index in [2.05, 4.69) is 15.1 Å². The number of nitrogens with zero attached hydrogens (tertiary/aromatic N) is 4. The number of aromatic nitrogens is 4. The summed E-state index contributed by atoms with van der Waals surface area (Å²) in [5.74, 6) is 1.29. The second-order valence-corrected chi connectivity index (χ2v) is 7.27. The van der Waals surface area contributed by atoms with Crippen molar-refractivity contribution >= 4 is 40.7 Å². The molecule has 6 nitrogen and oxygen atoms in total. The van der Waals surface area contributed by atoms with Crippen molar-refractivity contribution < 1.29 is 9.84 Å². The molecule has 0 radical (unpaired) electrons. The summed E-state index contributed by atoms with van der Waals surface area (Å²) in [4.78, 5) is 8.70. The Kier molecular flexibility index (Phi) is 5.68. The zero-order chi connectivity index (χ0) is 18.0. The minimum atomic E-state index is -0.722. The summed E-state index contributed by atoms with van der Waals surface area (Å²) in [6.07, 6.45) is -0.722. The smallest absolute Gasteiger partial charge is 0.253 e. The van der Waals surface area contributed by atoms with Crippen molar-refractivity contribution in [3.05, 3.63) is 45.7 Å². The molecule has 0 fully saturated rings. The molecule has 0 aliphatic carbocycles. The highest BCUT2D eigenvalue weighted by atomic mass is 35.5. The molecule has 0 saturated heterocycles. The van der Waals surface area contributed by atoms with Gasteiger partial charge in [-0.3, -0.25) is 0 Å². The maximum Gasteiger partial charge on any atom is 0.253 e. The van der Waals surface area contributed by atoms with E-state index in [1.807, 2.05) is 19.9 Å². The van der Waals surface area contributed by atoms with Crippen LogP contribution in [0.25, 0.3) is 5.78 Å². The van der Waals surface area contributed by atoms with Gasteiger partial charge in [-0.15, -0.1) is 5.10 Å². The summed E-state index contributed by atoms with van der Waals surface area (Å²) in [5, 5.41) is 15.9. The van der Waals surface area contributed by atoms with Crippen LogP contribution >= 0.6 is 35.0 Å². The molecule has 0 aliphatic rings. The average Bonchev–Trinajstić information content (AvgIpc) is 2.95. The van der Waals surface area contributed by atoms with Gasteiger partial charge in [0.15, 0.2) is 5.75 Å². The molecule has 1 atom stereocenters. The number of hydrogen-bond donors (Lipinski definition) is 1. The van der Waals surface area contributed by atoms with Gasteiger partial charge in [0, 0.05) is 17.1 Å². The third kappa shape index (κ3) is 4.36. The summed E-state index contributed by atoms with van der Waals surface area (Å²) < 4.78 is 7.21. The van der Waals surface area contributed by atoms with E-state index in [1.165, 1.54) is 11.8 Å². The Labute approximate surface area is 159 Å². The van der Waals surface area contributed by atoms with Gasteiger partial charge in [-0.1, -0.05) is 41.0 Å². The second kappa shape index (κ2) is 7.78. The number of aliphatic hydroxyl groups excluding tert-OH is 1. The number of thioether (sulfide) groups is 1. The standard InChI is InChI=1S/C16H16Cl2N4O2S/c1-9-6-10(2)22-15(19-9)20-16(21-22)25-8-11(23)7-24-14-12(17)4-3-5-13(14)18/h3-6,11,23H,7-8H2,1-2H3/t11-/m1/s1. The van der Waals surface area contributed by atoms with Gasteiger partial charge in [0.25, 0.3) is 5.78 Å². The highest BCUT2D eigenvalue weighted by Gasteiger charge is 2.13. The molecule has 0 unspecified atom stereocenters. The molecule has 0 saturated carbocycles. The maximum atomic E-state index is 10.1. The van der Waals surface area contributed by atoms with Crippen molar-refractivity contribution in [3.8, 4) is 5.75 Å². The van der Waals surface area contributed by atoms with Gasteiger partial charge < -0.3 is 9.84 Å². The van der Waals surface area contributed by atoms with Crippen LogP contribution in [-0.2, 0) is 0 Å². The van der Waals surface area contributed by atoms with Crippen LogP contribution in [0, 0.1) is 13.8 Å². The number of benzene rings is 1. The lowest BCUT2D eigenvalue weighted by Crippen LogP contribution is -2.20. The number of aliphatic hydroxyl groups is 1. The van der Waals surface area contributed by atoms with E-state index in [1.54, 1.807) is 22.7 Å². The van der Waals surface area contributed by atoms with Crippen LogP contribution < -0.4 is 4.74 Å². The lowest BCUT2D eigenvalue weighted by atomic mass is 10.3. The van der Waals surface area contributed by atoms with Gasteiger partial charge in [0.05, 0.1) is 16.1 Å². The lowest BCUT2D eigenvalue weighted by Gasteiger charge is -2.13. The van der Waals surface area contributed by atoms with E-state index in [9.17, 15) is 5.11 Å². The summed E-state index contributed by atoms with van der Waals surface area (Å²) in [5.41, 5.74) is 1.85. The first-order valence-corrected chi connectivity index (χ1v) is 9.27. The highest BCUT2D eigenvalue weighted by molar-refractivity contribution is 7.99. The zero-order valence-corrected chi connectivity index (χ0v) is 15.9. The quantitative estimate of drug-likeness (QED) is 0.639. The number of rotatable bonds is 6. The van der Waals surface area contributed by atoms with Crippen LogP contribution in [-0.4, -0.2) is 43.2 Å². The fraction of sp³-hybridized carbons (Fsp3) is 0.312. The van der Waals surface area contributed by atoms with Crippen LogP contribution in [0.15, 0.2) is 29.4 Å². The fourth-order valence-corrected chi connectivity index (χ4v) is 3.46. The molecular weight excluding hydrogens is 383 g/mol. The molecule has 25 heavy (non-hydrogen) atoms. The molecule has 0 bridgehead atoms. The highest BCUT2D eigenvalue weighted by Crippen LogP contribution is 2.32. The van der Waals surface area contributed by atoms with Crippen molar-refractivity contribution in [3.63, 3.8) is 0 Å². The Morgan fingerprint density at radius 1 is 1.24 bits per heavy atom. The van der Waals surface area contributed by atoms with Crippen molar-refractivity contribution in [2.75, 3.05) is 12.4 Å². The Morgan fingerprint density at radius 2 is 1.96 bits per heavy atom. The van der Waals surface area contributed by atoms with Crippen LogP contribution in [0.1, 0.15) is 11.4 Å². The topological polar surface area (TPSA) is 72.5 Å². The molecule has 2 aromatic heterocycles. The predicted octanol–water partition coefficient (Wildman–Crippen LogP) is 3.58. The lowest BCUT2D eigenvalue weighted by molar-refractivity contribution is 0.126. The third-order valence-electron chi connectivity index (χ3n) is 3.34. The summed E-state index contributed by atoms with van der Waals surface area (Å²) in [6, 6.07) is 7.03. The van der Waals surface area contributed by atoms with Gasteiger partial charge >= 0.3 is 0 Å². The molecule has 0 amide bonds. The molecule has 3 aromatic rings. The van der Waals surface area contributed by atoms with Crippen molar-refractivity contribution in [2.45, 2.75) is 25.1 Å². The van der Waals surface area contributed by atoms with Crippen molar-refractivity contribution in [1.82, 2.24) is 19.6 Å². The summed E-state index contributed by atoms with van der Waals surface area (Å²) >= 11 is 13.4. The number of fused-ring (bicyclic) bond motifs is 1. The molecule has 0 aliphatic heterocycles. The van der Waals surface area contributed by atoms with Crippen LogP contribution in [0.5, 0.6) is 5.75 Å². The van der Waals surface area contributed by atoms with E-state index in [0.717, 1.165) is 11.4 Å². The van der Waals surface area contributed by atoms with E-state index < -0.39 is 6.10 Å². The van der Waals surface area contributed by atoms with E-state index in [0.29, 0.717) is 32.5 Å². The minimum absolute atomic E-state index is 0.0697. The Hall–Kier alpha value is -1.54. The van der Waals surface area contributed by atoms with Crippen LogP contribution in [0.2, 0.25) is 10.0 Å². The van der Waals surface area contributed by atoms with Crippen LogP contribution in [0.4, 0.5) is 0 Å². The SMILES string of the molecule is Cc1cc(C)n2nc(SC[C@H](O)COc3c(Cl)cccc3Cl)nc2n1. The number of ether oxygens (including phenoxy) is 1. The maximum absolute atomic E-state index is 10.1. The Morgan fingerprint density at radius 3 is 2.68 bits per heavy atom. The normalized spacial score (nSPS) is 12.5. The van der Waals surface area contributed by atoms with Crippen molar-refractivity contribution in [1.29, 1.82) is 0 Å². The summed E-state index contributed by atoms with van der Waals surface area (Å²) in [6.45, 7) is 3.93. The number of para-hydroxylation sites is 1. The predicted molar refractivity (Wildman–Crippen MR) is 98.9 cm³/mol. The first-order chi connectivity index (χ1) is 11.9. The van der Waals surface area contributed by atoms with Gasteiger partial charge in [-0.05, 0) is 32.0 Å². The minimum Gasteiger partial charge on any atom is -0.488 e. The molecular formula is C16H16Cl2N4O2S. The molecule has 132 valence electrons. The monoisotopic (exact) mass is 398 g/mol. The number of halogens is 2. The van der Waals surface area contributed by atoms with E-state index in [4.69, 9.17) is 27.9 Å². The van der Waals surface area contributed by atoms with E-state index in [-0.39, 0.29) is 6.61 Å². The van der Waals surface area contributed by atoms with Gasteiger partial charge in [-0.25, -0.2) is 9.50 Å². The fourth-order valence-electron chi connectivity index (χ4n) is 2.23. The molecule has 1 aromatic carbocycles. The first-order valence-electron chi connectivity index (χ1n) is 7.52. The van der Waals surface area contributed by atoms with Crippen LogP contribution in [0.3, 0.4) is 0 Å². The second-order valence-electron chi connectivity index (χ2n) is 5.47. The Balaban J connectivity index is 1.59. The number of hydrogen-bond acceptors (Lipinski definition) is 6. The average molecular weight is 399 g/mol. The van der Waals surface area contributed by atoms with Crippen molar-refractivity contribution in [2.24, 2.45) is 0 Å². The molecule has 0 spiro atoms. The Bertz CT molecular complexity index is 883. The van der Waals surface area contributed by atoms with Gasteiger partial charge in [-0.2, -0.15) is 4.98 Å². The molecule has 9 heteroatoms. The largest absolute Gasteiger partial charge is 0.488 e. The zero-order valence-electron chi connectivity index (χ0n) is 13.6. The van der Waals surface area contributed by atoms with Gasteiger partial charge in [0.1, 0.15) is 6.61 Å². The summed E-state index contributed by atoms with van der Waals surface area (Å²) in [7, 11) is 0. The third-order valence-corrected chi connectivity index (χ3v) is 4.92. The van der Waals surface area contributed by atoms with E-state index >= 15 is 0 Å².